The number of anilines is 1. The maximum atomic E-state index is 12.4. The zero-order valence-electron chi connectivity index (χ0n) is 16.9. The van der Waals surface area contributed by atoms with Crippen molar-refractivity contribution in [3.05, 3.63) is 65.5 Å². The van der Waals surface area contributed by atoms with Crippen LogP contribution in [-0.2, 0) is 22.5 Å². The number of aromatic nitrogens is 1. The van der Waals surface area contributed by atoms with Gasteiger partial charge < -0.3 is 15.5 Å². The van der Waals surface area contributed by atoms with E-state index < -0.39 is 0 Å². The lowest BCUT2D eigenvalue weighted by molar-refractivity contribution is -0.116. The van der Waals surface area contributed by atoms with Gasteiger partial charge in [0.2, 0.25) is 5.91 Å². The van der Waals surface area contributed by atoms with Crippen molar-refractivity contribution >= 4 is 23.4 Å². The smallest absolute Gasteiger partial charge is 0.224 e. The Morgan fingerprint density at radius 3 is 2.69 bits per heavy atom. The molecule has 2 N–H and O–H groups in total. The number of pyridine rings is 1. The first-order valence-electron chi connectivity index (χ1n) is 9.98. The van der Waals surface area contributed by atoms with E-state index in [9.17, 15) is 4.79 Å². The summed E-state index contributed by atoms with van der Waals surface area (Å²) in [4.78, 5) is 18.9. The molecule has 1 aromatic carbocycles. The van der Waals surface area contributed by atoms with Crippen LogP contribution in [0.25, 0.3) is 5.57 Å². The van der Waals surface area contributed by atoms with Crippen molar-refractivity contribution < 1.29 is 9.53 Å². The lowest BCUT2D eigenvalue weighted by Crippen LogP contribution is -2.35. The molecule has 0 saturated carbocycles. The predicted molar refractivity (Wildman–Crippen MR) is 116 cm³/mol. The molecule has 2 aromatic rings. The van der Waals surface area contributed by atoms with E-state index in [0.29, 0.717) is 12.8 Å². The van der Waals surface area contributed by atoms with Gasteiger partial charge in [-0.2, -0.15) is 0 Å². The summed E-state index contributed by atoms with van der Waals surface area (Å²) in [6, 6.07) is 9.92. The zero-order chi connectivity index (χ0) is 20.5. The highest BCUT2D eigenvalue weighted by molar-refractivity contribution is 6.08. The Morgan fingerprint density at radius 2 is 2.00 bits per heavy atom. The average molecular weight is 393 g/mol. The van der Waals surface area contributed by atoms with Crippen LogP contribution in [0.1, 0.15) is 30.0 Å². The Morgan fingerprint density at radius 1 is 1.24 bits per heavy atom. The van der Waals surface area contributed by atoms with E-state index >= 15 is 0 Å². The number of amides is 1. The van der Waals surface area contributed by atoms with Crippen LogP contribution in [0.5, 0.6) is 0 Å². The first kappa shape index (κ1) is 20.9. The molecule has 6 heteroatoms. The number of nitrogens with zero attached hydrogens (tertiary/aromatic N) is 2. The Hall–Kier alpha value is -2.83. The van der Waals surface area contributed by atoms with Crippen LogP contribution < -0.4 is 5.32 Å². The summed E-state index contributed by atoms with van der Waals surface area (Å²) in [6.07, 6.45) is 7.65. The third-order valence-corrected chi connectivity index (χ3v) is 5.05. The van der Waals surface area contributed by atoms with E-state index in [1.54, 1.807) is 12.4 Å². The number of rotatable bonds is 8. The third kappa shape index (κ3) is 6.07. The maximum Gasteiger partial charge on any atom is 0.224 e. The number of aryl methyl sites for hydroxylation is 1. The van der Waals surface area contributed by atoms with E-state index in [-0.39, 0.29) is 5.91 Å². The molecule has 0 unspecified atom stereocenters. The molecule has 1 aliphatic rings. The van der Waals surface area contributed by atoms with Gasteiger partial charge in [-0.15, -0.1) is 0 Å². The van der Waals surface area contributed by atoms with E-state index in [1.807, 2.05) is 31.2 Å². The molecule has 0 aliphatic carbocycles. The first-order chi connectivity index (χ1) is 14.2. The molecular formula is C23H28N4O2. The summed E-state index contributed by atoms with van der Waals surface area (Å²) in [6.45, 7) is 6.31. The largest absolute Gasteiger partial charge is 0.379 e. The van der Waals surface area contributed by atoms with Crippen molar-refractivity contribution in [2.24, 2.45) is 0 Å². The molecule has 0 bridgehead atoms. The second-order valence-corrected chi connectivity index (χ2v) is 7.05. The third-order valence-electron chi connectivity index (χ3n) is 5.05. The van der Waals surface area contributed by atoms with Gasteiger partial charge in [0.1, 0.15) is 0 Å². The fraction of sp³-hybridized carbons (Fsp3) is 0.348. The van der Waals surface area contributed by atoms with Crippen LogP contribution in [0.2, 0.25) is 0 Å². The second kappa shape index (κ2) is 10.6. The van der Waals surface area contributed by atoms with Crippen LogP contribution in [0.15, 0.2) is 48.8 Å². The van der Waals surface area contributed by atoms with Crippen molar-refractivity contribution in [2.45, 2.75) is 26.3 Å². The quantitative estimate of drug-likeness (QED) is 0.674. The first-order valence-corrected chi connectivity index (χ1v) is 9.98. The van der Waals surface area contributed by atoms with Crippen molar-refractivity contribution in [1.82, 2.24) is 9.88 Å². The average Bonchev–Trinajstić information content (AvgIpc) is 2.76. The molecule has 152 valence electrons. The highest BCUT2D eigenvalue weighted by atomic mass is 16.5. The SMILES string of the molecule is C/C=C(\C=N)c1ccncc1CCC(=O)Nc1ccc(CN2CCOCC2)cc1. The Bertz CT molecular complexity index is 855. The number of benzene rings is 1. The van der Waals surface area contributed by atoms with E-state index in [2.05, 4.69) is 27.3 Å². The van der Waals surface area contributed by atoms with E-state index in [0.717, 1.165) is 55.2 Å². The fourth-order valence-electron chi connectivity index (χ4n) is 3.41. The molecule has 1 aliphatic heterocycles. The highest BCUT2D eigenvalue weighted by Gasteiger charge is 2.11. The fourth-order valence-corrected chi connectivity index (χ4v) is 3.41. The number of carbonyl (C=O) groups excluding carboxylic acids is 1. The minimum Gasteiger partial charge on any atom is -0.379 e. The number of ether oxygens (including phenoxy) is 1. The topological polar surface area (TPSA) is 78.3 Å². The van der Waals surface area contributed by atoms with Crippen LogP contribution in [0.3, 0.4) is 0 Å². The van der Waals surface area contributed by atoms with Gasteiger partial charge in [0.25, 0.3) is 0 Å². The van der Waals surface area contributed by atoms with Gasteiger partial charge in [0.15, 0.2) is 0 Å². The molecule has 3 rings (SSSR count). The molecule has 1 saturated heterocycles. The summed E-state index contributed by atoms with van der Waals surface area (Å²) in [5, 5.41) is 10.5. The molecule has 6 nitrogen and oxygen atoms in total. The lowest BCUT2D eigenvalue weighted by atomic mass is 9.99. The Balaban J connectivity index is 1.53. The van der Waals surface area contributed by atoms with Crippen molar-refractivity contribution in [1.29, 1.82) is 5.41 Å². The molecule has 0 spiro atoms. The van der Waals surface area contributed by atoms with Crippen molar-refractivity contribution in [3.8, 4) is 0 Å². The van der Waals surface area contributed by atoms with Gasteiger partial charge in [-0.25, -0.2) is 0 Å². The monoisotopic (exact) mass is 392 g/mol. The molecule has 2 heterocycles. The number of nitrogens with one attached hydrogen (secondary N) is 2. The normalized spacial score (nSPS) is 15.1. The molecular weight excluding hydrogens is 364 g/mol. The Kier molecular flexibility index (Phi) is 7.67. The number of carbonyl (C=O) groups is 1. The van der Waals surface area contributed by atoms with Gasteiger partial charge in [0.05, 0.1) is 13.2 Å². The maximum absolute atomic E-state index is 12.4. The molecule has 1 aromatic heterocycles. The second-order valence-electron chi connectivity index (χ2n) is 7.05. The van der Waals surface area contributed by atoms with Crippen LogP contribution >= 0.6 is 0 Å². The number of allylic oxidation sites excluding steroid dienone is 2. The van der Waals surface area contributed by atoms with Crippen molar-refractivity contribution in [3.63, 3.8) is 0 Å². The molecule has 0 radical (unpaired) electrons. The van der Waals surface area contributed by atoms with E-state index in [1.165, 1.54) is 11.8 Å². The molecule has 1 fully saturated rings. The zero-order valence-corrected chi connectivity index (χ0v) is 16.9. The predicted octanol–water partition coefficient (Wildman–Crippen LogP) is 3.54. The minimum absolute atomic E-state index is 0.0300. The summed E-state index contributed by atoms with van der Waals surface area (Å²) in [5.41, 5.74) is 4.80. The van der Waals surface area contributed by atoms with Crippen molar-refractivity contribution in [2.75, 3.05) is 31.6 Å². The number of hydrogen-bond donors (Lipinski definition) is 2. The Labute approximate surface area is 172 Å². The summed E-state index contributed by atoms with van der Waals surface area (Å²) in [5.74, 6) is -0.0300. The lowest BCUT2D eigenvalue weighted by Gasteiger charge is -2.26. The van der Waals surface area contributed by atoms with Gasteiger partial charge in [0, 0.05) is 50.4 Å². The van der Waals surface area contributed by atoms with Gasteiger partial charge >= 0.3 is 0 Å². The summed E-state index contributed by atoms with van der Waals surface area (Å²) < 4.78 is 5.38. The molecule has 1 amide bonds. The van der Waals surface area contributed by atoms with E-state index in [4.69, 9.17) is 10.1 Å². The minimum atomic E-state index is -0.0300. The number of morpholine rings is 1. The summed E-state index contributed by atoms with van der Waals surface area (Å²) in [7, 11) is 0. The van der Waals surface area contributed by atoms with Gasteiger partial charge in [-0.1, -0.05) is 18.2 Å². The van der Waals surface area contributed by atoms with Crippen LogP contribution in [0, 0.1) is 5.41 Å². The summed E-state index contributed by atoms with van der Waals surface area (Å²) >= 11 is 0. The van der Waals surface area contributed by atoms with Crippen LogP contribution in [0.4, 0.5) is 5.69 Å². The molecule has 0 atom stereocenters. The van der Waals surface area contributed by atoms with Crippen LogP contribution in [-0.4, -0.2) is 48.3 Å². The van der Waals surface area contributed by atoms with Gasteiger partial charge in [-0.05, 0) is 53.8 Å². The molecule has 29 heavy (non-hydrogen) atoms. The number of hydrogen-bond acceptors (Lipinski definition) is 5. The highest BCUT2D eigenvalue weighted by Crippen LogP contribution is 2.19. The van der Waals surface area contributed by atoms with Gasteiger partial charge in [-0.3, -0.25) is 14.7 Å². The standard InChI is InChI=1S/C23H28N4O2/c1-2-19(15-24)22-9-10-25-16-20(22)5-8-23(28)26-21-6-3-18(4-7-21)17-27-11-13-29-14-12-27/h2-4,6-7,9-10,15-16,24H,5,8,11-14,17H2,1H3,(H,26,28)/b19-2+,24-15?.